The molecule has 1 N–H and O–H groups in total. The minimum Gasteiger partial charge on any atom is -0.220 e. The Labute approximate surface area is 131 Å². The van der Waals surface area contributed by atoms with Crippen molar-refractivity contribution in [2.45, 2.75) is 39.2 Å². The Morgan fingerprint density at radius 3 is 2.55 bits per heavy atom. The van der Waals surface area contributed by atoms with E-state index in [1.165, 1.54) is 24.8 Å². The Bertz CT molecular complexity index is 693. The molecule has 6 nitrogen and oxygen atoms in total. The summed E-state index contributed by atoms with van der Waals surface area (Å²) >= 11 is 0. The highest BCUT2D eigenvalue weighted by molar-refractivity contribution is 7.88. The van der Waals surface area contributed by atoms with Gasteiger partial charge in [0.1, 0.15) is 0 Å². The molecule has 2 rings (SSSR count). The average molecular weight is 322 g/mol. The number of hydrogen-bond acceptors (Lipinski definition) is 4. The van der Waals surface area contributed by atoms with Crippen LogP contribution in [0.3, 0.4) is 0 Å². The number of unbranched alkanes of at least 4 members (excludes halogenated alkanes) is 2. The minimum atomic E-state index is -3.22. The normalized spacial score (nSPS) is 11.7. The van der Waals surface area contributed by atoms with Crippen molar-refractivity contribution in [2.24, 2.45) is 0 Å². The lowest BCUT2D eigenvalue weighted by Crippen LogP contribution is -2.21. The first-order valence-corrected chi connectivity index (χ1v) is 9.32. The number of aromatic nitrogens is 3. The lowest BCUT2D eigenvalue weighted by Gasteiger charge is -2.03. The highest BCUT2D eigenvalue weighted by Crippen LogP contribution is 2.12. The molecule has 0 spiro atoms. The Morgan fingerprint density at radius 2 is 1.91 bits per heavy atom. The van der Waals surface area contributed by atoms with Gasteiger partial charge in [0, 0.05) is 0 Å². The molecule has 0 amide bonds. The lowest BCUT2D eigenvalue weighted by molar-refractivity contribution is 0.586. The van der Waals surface area contributed by atoms with Gasteiger partial charge in [-0.2, -0.15) is 0 Å². The molecule has 0 radical (unpaired) electrons. The van der Waals surface area contributed by atoms with Gasteiger partial charge in [-0.1, -0.05) is 37.1 Å². The van der Waals surface area contributed by atoms with E-state index in [4.69, 9.17) is 0 Å². The van der Waals surface area contributed by atoms with Gasteiger partial charge < -0.3 is 0 Å². The van der Waals surface area contributed by atoms with E-state index in [2.05, 4.69) is 34.1 Å². The van der Waals surface area contributed by atoms with Gasteiger partial charge in [-0.3, -0.25) is 0 Å². The quantitative estimate of drug-likeness (QED) is 0.755. The summed E-state index contributed by atoms with van der Waals surface area (Å²) < 4.78 is 26.2. The number of rotatable bonds is 8. The second kappa shape index (κ2) is 7.51. The number of nitrogens with zero attached hydrogens (tertiary/aromatic N) is 3. The Hall–Kier alpha value is -1.73. The van der Waals surface area contributed by atoms with Crippen LogP contribution in [0.15, 0.2) is 30.5 Å². The Balaban J connectivity index is 1.98. The summed E-state index contributed by atoms with van der Waals surface area (Å²) in [5.74, 6) is 0. The third-order valence-corrected chi connectivity index (χ3v) is 3.99. The van der Waals surface area contributed by atoms with E-state index >= 15 is 0 Å². The van der Waals surface area contributed by atoms with Gasteiger partial charge >= 0.3 is 0 Å². The number of benzene rings is 1. The number of sulfonamides is 1. The molecule has 1 heterocycles. The van der Waals surface area contributed by atoms with Gasteiger partial charge in [0.25, 0.3) is 0 Å². The zero-order chi connectivity index (χ0) is 16.0. The fourth-order valence-corrected chi connectivity index (χ4v) is 2.52. The first-order valence-electron chi connectivity index (χ1n) is 7.43. The smallest absolute Gasteiger partial charge is 0.209 e. The summed E-state index contributed by atoms with van der Waals surface area (Å²) in [5.41, 5.74) is 2.81. The SMILES string of the molecule is CCCCCc1ccc(-n2cc(CNS(C)(=O)=O)nn2)cc1. The standard InChI is InChI=1S/C15H22N4O2S/c1-3-4-5-6-13-7-9-15(10-8-13)19-12-14(17-18-19)11-16-22(2,20)21/h7-10,12,16H,3-6,11H2,1-2H3. The highest BCUT2D eigenvalue weighted by atomic mass is 32.2. The number of nitrogens with one attached hydrogen (secondary N) is 1. The van der Waals surface area contributed by atoms with E-state index in [9.17, 15) is 8.42 Å². The lowest BCUT2D eigenvalue weighted by atomic mass is 10.1. The van der Waals surface area contributed by atoms with Crippen LogP contribution >= 0.6 is 0 Å². The van der Waals surface area contributed by atoms with Gasteiger partial charge in [-0.05, 0) is 30.5 Å². The molecule has 2 aromatic rings. The molecule has 0 saturated carbocycles. The summed E-state index contributed by atoms with van der Waals surface area (Å²) in [5, 5.41) is 7.99. The van der Waals surface area contributed by atoms with Crippen LogP contribution in [0.4, 0.5) is 0 Å². The van der Waals surface area contributed by atoms with E-state index in [1.54, 1.807) is 10.9 Å². The van der Waals surface area contributed by atoms with Crippen molar-refractivity contribution in [2.75, 3.05) is 6.26 Å². The molecule has 0 atom stereocenters. The zero-order valence-corrected chi connectivity index (χ0v) is 13.8. The molecule has 0 unspecified atom stereocenters. The molecule has 1 aromatic heterocycles. The van der Waals surface area contributed by atoms with Gasteiger partial charge in [0.15, 0.2) is 0 Å². The van der Waals surface area contributed by atoms with Gasteiger partial charge in [-0.25, -0.2) is 17.8 Å². The molecule has 0 saturated heterocycles. The second-order valence-corrected chi connectivity index (χ2v) is 7.20. The molecule has 0 fully saturated rings. The molecule has 7 heteroatoms. The van der Waals surface area contributed by atoms with Crippen molar-refractivity contribution in [3.8, 4) is 5.69 Å². The van der Waals surface area contributed by atoms with Crippen LogP contribution in [0.2, 0.25) is 0 Å². The van der Waals surface area contributed by atoms with Crippen molar-refractivity contribution in [1.82, 2.24) is 19.7 Å². The zero-order valence-electron chi connectivity index (χ0n) is 13.0. The molecule has 0 aliphatic rings. The Morgan fingerprint density at radius 1 is 1.18 bits per heavy atom. The van der Waals surface area contributed by atoms with Crippen LogP contribution in [0, 0.1) is 0 Å². The van der Waals surface area contributed by atoms with Gasteiger partial charge in [0.2, 0.25) is 10.0 Å². The van der Waals surface area contributed by atoms with E-state index in [0.29, 0.717) is 5.69 Å². The van der Waals surface area contributed by atoms with Crippen LogP contribution in [-0.4, -0.2) is 29.7 Å². The molecular weight excluding hydrogens is 300 g/mol. The highest BCUT2D eigenvalue weighted by Gasteiger charge is 2.06. The third-order valence-electron chi connectivity index (χ3n) is 3.33. The summed E-state index contributed by atoms with van der Waals surface area (Å²) in [6, 6.07) is 8.20. The summed E-state index contributed by atoms with van der Waals surface area (Å²) in [7, 11) is -3.22. The van der Waals surface area contributed by atoms with Crippen molar-refractivity contribution >= 4 is 10.0 Å². The third kappa shape index (κ3) is 5.23. The first kappa shape index (κ1) is 16.6. The predicted octanol–water partition coefficient (Wildman–Crippen LogP) is 2.05. The van der Waals surface area contributed by atoms with E-state index in [0.717, 1.165) is 18.4 Å². The van der Waals surface area contributed by atoms with Gasteiger partial charge in [-0.15, -0.1) is 5.10 Å². The van der Waals surface area contributed by atoms with Crippen molar-refractivity contribution in [3.63, 3.8) is 0 Å². The van der Waals surface area contributed by atoms with E-state index in [-0.39, 0.29) is 6.54 Å². The van der Waals surface area contributed by atoms with Crippen molar-refractivity contribution < 1.29 is 8.42 Å². The number of aryl methyl sites for hydroxylation is 1. The van der Waals surface area contributed by atoms with Crippen LogP contribution < -0.4 is 4.72 Å². The first-order chi connectivity index (χ1) is 10.5. The van der Waals surface area contributed by atoms with Crippen molar-refractivity contribution in [3.05, 3.63) is 41.7 Å². The second-order valence-electron chi connectivity index (χ2n) is 5.37. The number of hydrogen-bond donors (Lipinski definition) is 1. The molecular formula is C15H22N4O2S. The molecule has 120 valence electrons. The van der Waals surface area contributed by atoms with Crippen LogP contribution in [-0.2, 0) is 23.0 Å². The average Bonchev–Trinajstić information content (AvgIpc) is 2.94. The molecule has 0 aliphatic carbocycles. The monoisotopic (exact) mass is 322 g/mol. The maximum absolute atomic E-state index is 11.1. The molecule has 0 aliphatic heterocycles. The summed E-state index contributed by atoms with van der Waals surface area (Å²) in [4.78, 5) is 0. The minimum absolute atomic E-state index is 0.147. The van der Waals surface area contributed by atoms with E-state index in [1.807, 2.05) is 12.1 Å². The molecule has 22 heavy (non-hydrogen) atoms. The van der Waals surface area contributed by atoms with Gasteiger partial charge in [0.05, 0.1) is 30.4 Å². The fraction of sp³-hybridized carbons (Fsp3) is 0.467. The maximum atomic E-state index is 11.1. The summed E-state index contributed by atoms with van der Waals surface area (Å²) in [6.07, 6.45) is 7.62. The fourth-order valence-electron chi connectivity index (χ4n) is 2.11. The Kier molecular flexibility index (Phi) is 5.68. The maximum Gasteiger partial charge on any atom is 0.209 e. The topological polar surface area (TPSA) is 76.9 Å². The van der Waals surface area contributed by atoms with Crippen LogP contribution in [0.5, 0.6) is 0 Å². The summed E-state index contributed by atoms with van der Waals surface area (Å²) in [6.45, 7) is 2.35. The largest absolute Gasteiger partial charge is 0.220 e. The molecule has 0 bridgehead atoms. The van der Waals surface area contributed by atoms with Crippen LogP contribution in [0.1, 0.15) is 37.4 Å². The molecule has 1 aromatic carbocycles. The van der Waals surface area contributed by atoms with Crippen LogP contribution in [0.25, 0.3) is 5.69 Å². The van der Waals surface area contributed by atoms with E-state index < -0.39 is 10.0 Å². The predicted molar refractivity (Wildman–Crippen MR) is 86.3 cm³/mol. The van der Waals surface area contributed by atoms with Crippen molar-refractivity contribution in [1.29, 1.82) is 0 Å².